The first-order chi connectivity index (χ1) is 11.1. The fraction of sp³-hybridized carbons (Fsp3) is 0.333. The molecule has 1 aromatic heterocycles. The van der Waals surface area contributed by atoms with Crippen LogP contribution in [0, 0.1) is 5.82 Å². The summed E-state index contributed by atoms with van der Waals surface area (Å²) in [5, 5.41) is 2.85. The van der Waals surface area contributed by atoms with E-state index >= 15 is 0 Å². The minimum absolute atomic E-state index is 0.0162. The average molecular weight is 313 g/mol. The molecule has 0 saturated carbocycles. The number of hydrogen-bond acceptors (Lipinski definition) is 3. The van der Waals surface area contributed by atoms with Crippen LogP contribution in [0.25, 0.3) is 0 Å². The van der Waals surface area contributed by atoms with Gasteiger partial charge in [0.2, 0.25) is 0 Å². The van der Waals surface area contributed by atoms with E-state index in [-0.39, 0.29) is 11.6 Å². The van der Waals surface area contributed by atoms with Crippen LogP contribution in [0.2, 0.25) is 0 Å². The predicted octanol–water partition coefficient (Wildman–Crippen LogP) is 3.31. The highest BCUT2D eigenvalue weighted by Crippen LogP contribution is 2.24. The Kier molecular flexibility index (Phi) is 4.55. The molecule has 1 aromatic carbocycles. The molecule has 2 heterocycles. The van der Waals surface area contributed by atoms with Gasteiger partial charge < -0.3 is 10.2 Å². The van der Waals surface area contributed by atoms with Gasteiger partial charge >= 0.3 is 0 Å². The van der Waals surface area contributed by atoms with E-state index in [1.165, 1.54) is 30.8 Å². The first-order valence-corrected chi connectivity index (χ1v) is 7.90. The van der Waals surface area contributed by atoms with E-state index in [4.69, 9.17) is 0 Å². The quantitative estimate of drug-likeness (QED) is 0.942. The Balaban J connectivity index is 1.73. The lowest BCUT2D eigenvalue weighted by Gasteiger charge is -2.20. The lowest BCUT2D eigenvalue weighted by Crippen LogP contribution is -2.27. The molecule has 0 radical (unpaired) electrons. The fourth-order valence-corrected chi connectivity index (χ4v) is 2.88. The molecule has 2 aromatic rings. The Morgan fingerprint density at radius 3 is 2.83 bits per heavy atom. The third-order valence-electron chi connectivity index (χ3n) is 4.21. The Bertz CT molecular complexity index is 698. The Morgan fingerprint density at radius 2 is 2.09 bits per heavy atom. The molecule has 1 saturated heterocycles. The minimum Gasteiger partial charge on any atom is -0.372 e. The van der Waals surface area contributed by atoms with Gasteiger partial charge in [-0.05, 0) is 43.5 Å². The maximum atomic E-state index is 13.6. The van der Waals surface area contributed by atoms with E-state index in [9.17, 15) is 9.18 Å². The van der Waals surface area contributed by atoms with Crippen molar-refractivity contribution in [2.75, 3.05) is 18.0 Å². The van der Waals surface area contributed by atoms with Crippen molar-refractivity contribution in [2.45, 2.75) is 25.8 Å². The highest BCUT2D eigenvalue weighted by atomic mass is 19.1. The molecule has 120 valence electrons. The number of nitrogens with zero attached hydrogens (tertiary/aromatic N) is 2. The van der Waals surface area contributed by atoms with Crippen LogP contribution in [-0.2, 0) is 0 Å². The van der Waals surface area contributed by atoms with Crippen molar-refractivity contribution in [1.29, 1.82) is 0 Å². The van der Waals surface area contributed by atoms with Crippen molar-refractivity contribution in [3.63, 3.8) is 0 Å². The third-order valence-corrected chi connectivity index (χ3v) is 4.21. The van der Waals surface area contributed by atoms with Gasteiger partial charge in [0.25, 0.3) is 5.91 Å². The molecule has 0 aliphatic carbocycles. The summed E-state index contributed by atoms with van der Waals surface area (Å²) in [6.07, 6.45) is 4.90. The van der Waals surface area contributed by atoms with Crippen molar-refractivity contribution < 1.29 is 9.18 Å². The number of rotatable bonds is 4. The van der Waals surface area contributed by atoms with Gasteiger partial charge in [-0.3, -0.25) is 9.78 Å². The maximum Gasteiger partial charge on any atom is 0.254 e. The molecule has 0 spiro atoms. The van der Waals surface area contributed by atoms with Crippen LogP contribution < -0.4 is 10.2 Å². The highest BCUT2D eigenvalue weighted by molar-refractivity contribution is 5.94. The van der Waals surface area contributed by atoms with Crippen molar-refractivity contribution >= 4 is 11.6 Å². The molecule has 1 aliphatic heterocycles. The Labute approximate surface area is 135 Å². The van der Waals surface area contributed by atoms with Crippen molar-refractivity contribution in [2.24, 2.45) is 0 Å². The van der Waals surface area contributed by atoms with Crippen LogP contribution in [0.5, 0.6) is 0 Å². The van der Waals surface area contributed by atoms with Gasteiger partial charge in [-0.15, -0.1) is 0 Å². The number of nitrogens with one attached hydrogen (secondary N) is 1. The summed E-state index contributed by atoms with van der Waals surface area (Å²) in [5.41, 5.74) is 2.20. The van der Waals surface area contributed by atoms with Gasteiger partial charge in [-0.2, -0.15) is 0 Å². The standard InChI is InChI=1S/C18H20FN3O/c1-13(21-18(23)16-7-8-20-12-17(16)19)14-5-4-6-15(11-14)22-9-2-3-10-22/h4-8,11-13H,2-3,9-10H2,1H3,(H,21,23)/t13-/m1/s1. The van der Waals surface area contributed by atoms with Gasteiger partial charge in [-0.1, -0.05) is 12.1 Å². The molecule has 1 aliphatic rings. The fourth-order valence-electron chi connectivity index (χ4n) is 2.88. The van der Waals surface area contributed by atoms with E-state index in [0.717, 1.165) is 24.8 Å². The topological polar surface area (TPSA) is 45.2 Å². The number of pyridine rings is 1. The predicted molar refractivity (Wildman–Crippen MR) is 88.0 cm³/mol. The van der Waals surface area contributed by atoms with E-state index in [1.54, 1.807) is 0 Å². The summed E-state index contributed by atoms with van der Waals surface area (Å²) in [4.78, 5) is 18.2. The number of amides is 1. The van der Waals surface area contributed by atoms with Crippen LogP contribution in [0.1, 0.15) is 41.7 Å². The molecular weight excluding hydrogens is 293 g/mol. The molecule has 5 heteroatoms. The van der Waals surface area contributed by atoms with E-state index in [0.29, 0.717) is 0 Å². The largest absolute Gasteiger partial charge is 0.372 e. The summed E-state index contributed by atoms with van der Waals surface area (Å²) in [7, 11) is 0. The Hall–Kier alpha value is -2.43. The van der Waals surface area contributed by atoms with Crippen LogP contribution in [0.15, 0.2) is 42.7 Å². The van der Waals surface area contributed by atoms with Crippen LogP contribution in [0.4, 0.5) is 10.1 Å². The van der Waals surface area contributed by atoms with E-state index in [2.05, 4.69) is 27.3 Å². The summed E-state index contributed by atoms with van der Waals surface area (Å²) in [6, 6.07) is 9.35. The van der Waals surface area contributed by atoms with Crippen molar-refractivity contribution in [3.05, 3.63) is 59.7 Å². The lowest BCUT2D eigenvalue weighted by molar-refractivity contribution is 0.0935. The zero-order chi connectivity index (χ0) is 16.2. The molecule has 1 amide bonds. The van der Waals surface area contributed by atoms with Gasteiger partial charge in [0.15, 0.2) is 5.82 Å². The molecule has 0 bridgehead atoms. The first-order valence-electron chi connectivity index (χ1n) is 7.90. The SMILES string of the molecule is C[C@@H](NC(=O)c1ccncc1F)c1cccc(N2CCCC2)c1. The molecular formula is C18H20FN3O. The smallest absolute Gasteiger partial charge is 0.254 e. The van der Waals surface area contributed by atoms with Gasteiger partial charge in [-0.25, -0.2) is 4.39 Å². The summed E-state index contributed by atoms with van der Waals surface area (Å²) >= 11 is 0. The zero-order valence-electron chi connectivity index (χ0n) is 13.1. The number of anilines is 1. The van der Waals surface area contributed by atoms with Crippen molar-refractivity contribution in [3.8, 4) is 0 Å². The minimum atomic E-state index is -0.608. The maximum absolute atomic E-state index is 13.6. The monoisotopic (exact) mass is 313 g/mol. The number of hydrogen-bond donors (Lipinski definition) is 1. The summed E-state index contributed by atoms with van der Waals surface area (Å²) in [5.74, 6) is -1.04. The number of carbonyl (C=O) groups excluding carboxylic acids is 1. The summed E-state index contributed by atoms with van der Waals surface area (Å²) < 4.78 is 13.6. The number of benzene rings is 1. The lowest BCUT2D eigenvalue weighted by atomic mass is 10.1. The molecule has 1 N–H and O–H groups in total. The molecule has 1 fully saturated rings. The van der Waals surface area contributed by atoms with Crippen LogP contribution >= 0.6 is 0 Å². The van der Waals surface area contributed by atoms with E-state index in [1.807, 2.05) is 19.1 Å². The molecule has 3 rings (SSSR count). The average Bonchev–Trinajstić information content (AvgIpc) is 3.10. The molecule has 4 nitrogen and oxygen atoms in total. The van der Waals surface area contributed by atoms with Crippen LogP contribution in [0.3, 0.4) is 0 Å². The zero-order valence-corrected chi connectivity index (χ0v) is 13.1. The van der Waals surface area contributed by atoms with Crippen molar-refractivity contribution in [1.82, 2.24) is 10.3 Å². The van der Waals surface area contributed by atoms with E-state index < -0.39 is 11.7 Å². The summed E-state index contributed by atoms with van der Waals surface area (Å²) in [6.45, 7) is 4.05. The third kappa shape index (κ3) is 3.50. The Morgan fingerprint density at radius 1 is 1.30 bits per heavy atom. The second-order valence-electron chi connectivity index (χ2n) is 5.84. The van der Waals surface area contributed by atoms with Gasteiger partial charge in [0.05, 0.1) is 17.8 Å². The van der Waals surface area contributed by atoms with Crippen LogP contribution in [-0.4, -0.2) is 24.0 Å². The molecule has 23 heavy (non-hydrogen) atoms. The molecule has 0 unspecified atom stereocenters. The second-order valence-corrected chi connectivity index (χ2v) is 5.84. The normalized spacial score (nSPS) is 15.5. The highest BCUT2D eigenvalue weighted by Gasteiger charge is 2.17. The number of aromatic nitrogens is 1. The first kappa shape index (κ1) is 15.5. The number of halogens is 1. The van der Waals surface area contributed by atoms with Gasteiger partial charge in [0, 0.05) is 25.0 Å². The number of carbonyl (C=O) groups is 1. The second kappa shape index (κ2) is 6.77. The van der Waals surface area contributed by atoms with Gasteiger partial charge in [0.1, 0.15) is 0 Å². The molecule has 1 atom stereocenters.